The smallest absolute Gasteiger partial charge is 0.250 e. The number of nitrogens with zero attached hydrogens (tertiary/aromatic N) is 2. The molecule has 1 aromatic heterocycles. The summed E-state index contributed by atoms with van der Waals surface area (Å²) in [4.78, 5) is 16.1. The fourth-order valence-electron chi connectivity index (χ4n) is 3.11. The van der Waals surface area contributed by atoms with E-state index in [-0.39, 0.29) is 11.7 Å². The molecule has 6 heteroatoms. The van der Waals surface area contributed by atoms with Gasteiger partial charge < -0.3 is 19.9 Å². The quantitative estimate of drug-likeness (QED) is 0.477. The van der Waals surface area contributed by atoms with Crippen LogP contribution in [0.4, 0.5) is 0 Å². The van der Waals surface area contributed by atoms with E-state index in [9.17, 15) is 4.79 Å². The second kappa shape index (κ2) is 12.1. The minimum atomic E-state index is 0.0113. The summed E-state index contributed by atoms with van der Waals surface area (Å²) in [6.45, 7) is 9.22. The molecule has 1 unspecified atom stereocenters. The van der Waals surface area contributed by atoms with E-state index in [0.29, 0.717) is 19.0 Å². The van der Waals surface area contributed by atoms with Crippen LogP contribution in [0.15, 0.2) is 58.4 Å². The lowest BCUT2D eigenvalue weighted by molar-refractivity contribution is 0.0258. The lowest BCUT2D eigenvalue weighted by Gasteiger charge is -2.21. The zero-order valence-corrected chi connectivity index (χ0v) is 18.0. The van der Waals surface area contributed by atoms with E-state index < -0.39 is 0 Å². The summed E-state index contributed by atoms with van der Waals surface area (Å²) in [6, 6.07) is 13.5. The Hall–Kier alpha value is -2.60. The number of pyridine rings is 1. The Morgan fingerprint density at radius 1 is 1.10 bits per heavy atom. The maximum absolute atomic E-state index is 11.8. The van der Waals surface area contributed by atoms with Gasteiger partial charge in [0, 0.05) is 39.0 Å². The predicted molar refractivity (Wildman–Crippen MR) is 119 cm³/mol. The van der Waals surface area contributed by atoms with Crippen molar-refractivity contribution < 1.29 is 4.74 Å². The number of hydrogen-bond donors (Lipinski definition) is 2. The van der Waals surface area contributed by atoms with E-state index in [4.69, 9.17) is 4.74 Å². The summed E-state index contributed by atoms with van der Waals surface area (Å²) >= 11 is 0. The maximum atomic E-state index is 11.8. The molecular weight excluding hydrogens is 364 g/mol. The third-order valence-electron chi connectivity index (χ3n) is 4.80. The number of aliphatic imine (C=N–C) groups is 1. The SMILES string of the molecule is CCOC(CCNC(=NC)NCc1ccc(Cn2ccccc2=O)cc1)C(C)C. The lowest BCUT2D eigenvalue weighted by atomic mass is 10.0. The van der Waals surface area contributed by atoms with Gasteiger partial charge in [0.05, 0.1) is 12.6 Å². The number of hydrogen-bond acceptors (Lipinski definition) is 3. The normalized spacial score (nSPS) is 12.8. The van der Waals surface area contributed by atoms with Gasteiger partial charge in [-0.25, -0.2) is 0 Å². The van der Waals surface area contributed by atoms with E-state index >= 15 is 0 Å². The molecule has 2 aromatic rings. The van der Waals surface area contributed by atoms with Crippen LogP contribution in [0.5, 0.6) is 0 Å². The summed E-state index contributed by atoms with van der Waals surface area (Å²) in [5.74, 6) is 1.28. The molecule has 0 bridgehead atoms. The topological polar surface area (TPSA) is 67.7 Å². The number of benzene rings is 1. The van der Waals surface area contributed by atoms with Crippen molar-refractivity contribution in [3.8, 4) is 0 Å². The molecule has 6 nitrogen and oxygen atoms in total. The predicted octanol–water partition coefficient (Wildman–Crippen LogP) is 3.01. The lowest BCUT2D eigenvalue weighted by Crippen LogP contribution is -2.38. The van der Waals surface area contributed by atoms with E-state index in [0.717, 1.165) is 36.7 Å². The van der Waals surface area contributed by atoms with Crippen molar-refractivity contribution in [3.05, 3.63) is 70.1 Å². The van der Waals surface area contributed by atoms with E-state index in [2.05, 4.69) is 53.7 Å². The summed E-state index contributed by atoms with van der Waals surface area (Å²) in [5, 5.41) is 6.70. The molecule has 0 saturated carbocycles. The highest BCUT2D eigenvalue weighted by molar-refractivity contribution is 5.79. The number of ether oxygens (including phenoxy) is 1. The average Bonchev–Trinajstić information content (AvgIpc) is 2.72. The van der Waals surface area contributed by atoms with Crippen molar-refractivity contribution in [1.29, 1.82) is 0 Å². The molecule has 0 spiro atoms. The highest BCUT2D eigenvalue weighted by Crippen LogP contribution is 2.10. The van der Waals surface area contributed by atoms with E-state index in [1.807, 2.05) is 19.2 Å². The van der Waals surface area contributed by atoms with Gasteiger partial charge in [0.15, 0.2) is 5.96 Å². The van der Waals surface area contributed by atoms with Crippen LogP contribution < -0.4 is 16.2 Å². The van der Waals surface area contributed by atoms with Crippen LogP contribution >= 0.6 is 0 Å². The van der Waals surface area contributed by atoms with Crippen molar-refractivity contribution in [1.82, 2.24) is 15.2 Å². The summed E-state index contributed by atoms with van der Waals surface area (Å²) in [7, 11) is 1.78. The van der Waals surface area contributed by atoms with Gasteiger partial charge in [-0.15, -0.1) is 0 Å². The van der Waals surface area contributed by atoms with Gasteiger partial charge in [-0.1, -0.05) is 44.2 Å². The molecule has 0 aliphatic heterocycles. The first-order chi connectivity index (χ1) is 14.0. The van der Waals surface area contributed by atoms with Crippen molar-refractivity contribution in [2.24, 2.45) is 10.9 Å². The van der Waals surface area contributed by atoms with Crippen molar-refractivity contribution in [3.63, 3.8) is 0 Å². The zero-order valence-electron chi connectivity index (χ0n) is 18.0. The van der Waals surface area contributed by atoms with Crippen LogP contribution in [0.2, 0.25) is 0 Å². The largest absolute Gasteiger partial charge is 0.378 e. The third kappa shape index (κ3) is 7.74. The summed E-state index contributed by atoms with van der Waals surface area (Å²) < 4.78 is 7.49. The molecule has 0 aliphatic rings. The molecule has 0 saturated heterocycles. The van der Waals surface area contributed by atoms with Crippen LogP contribution in [-0.4, -0.2) is 36.8 Å². The van der Waals surface area contributed by atoms with Gasteiger partial charge >= 0.3 is 0 Å². The highest BCUT2D eigenvalue weighted by Gasteiger charge is 2.12. The van der Waals surface area contributed by atoms with Crippen molar-refractivity contribution in [2.75, 3.05) is 20.2 Å². The Morgan fingerprint density at radius 2 is 1.83 bits per heavy atom. The van der Waals surface area contributed by atoms with Crippen molar-refractivity contribution in [2.45, 2.75) is 46.4 Å². The molecule has 0 fully saturated rings. The first-order valence-electron chi connectivity index (χ1n) is 10.3. The van der Waals surface area contributed by atoms with Gasteiger partial charge in [-0.2, -0.15) is 0 Å². The average molecular weight is 399 g/mol. The number of rotatable bonds is 10. The number of nitrogens with one attached hydrogen (secondary N) is 2. The standard InChI is InChI=1S/C23H34N4O2/c1-5-29-21(18(2)3)13-14-25-23(24-4)26-16-19-9-11-20(12-10-19)17-27-15-7-6-8-22(27)28/h6-12,15,18,21H,5,13-14,16-17H2,1-4H3,(H2,24,25,26). The Morgan fingerprint density at radius 3 is 2.45 bits per heavy atom. The first-order valence-corrected chi connectivity index (χ1v) is 10.3. The fraction of sp³-hybridized carbons (Fsp3) is 0.478. The molecule has 1 aromatic carbocycles. The fourth-order valence-corrected chi connectivity index (χ4v) is 3.11. The molecular formula is C23H34N4O2. The molecule has 2 N–H and O–H groups in total. The van der Waals surface area contributed by atoms with Gasteiger partial charge in [0.1, 0.15) is 0 Å². The van der Waals surface area contributed by atoms with Gasteiger partial charge in [0.25, 0.3) is 5.56 Å². The Kier molecular flexibility index (Phi) is 9.44. The van der Waals surface area contributed by atoms with Crippen LogP contribution in [0.25, 0.3) is 0 Å². The van der Waals surface area contributed by atoms with Gasteiger partial charge in [-0.05, 0) is 36.5 Å². The molecule has 0 radical (unpaired) electrons. The molecule has 0 amide bonds. The Bertz CT molecular complexity index is 812. The highest BCUT2D eigenvalue weighted by atomic mass is 16.5. The second-order valence-corrected chi connectivity index (χ2v) is 7.36. The number of guanidine groups is 1. The maximum Gasteiger partial charge on any atom is 0.250 e. The van der Waals surface area contributed by atoms with Crippen LogP contribution in [-0.2, 0) is 17.8 Å². The van der Waals surface area contributed by atoms with E-state index in [1.165, 1.54) is 0 Å². The van der Waals surface area contributed by atoms with Gasteiger partial charge in [0.2, 0.25) is 0 Å². The van der Waals surface area contributed by atoms with Crippen LogP contribution in [0, 0.1) is 5.92 Å². The molecule has 2 rings (SSSR count). The Labute approximate surface area is 174 Å². The molecule has 1 heterocycles. The number of aromatic nitrogens is 1. The zero-order chi connectivity index (χ0) is 21.1. The molecule has 1 atom stereocenters. The minimum Gasteiger partial charge on any atom is -0.378 e. The summed E-state index contributed by atoms with van der Waals surface area (Å²) in [5.41, 5.74) is 2.27. The first kappa shape index (κ1) is 22.7. The van der Waals surface area contributed by atoms with Crippen LogP contribution in [0.3, 0.4) is 0 Å². The monoisotopic (exact) mass is 398 g/mol. The van der Waals surface area contributed by atoms with Crippen LogP contribution in [0.1, 0.15) is 38.3 Å². The molecule has 29 heavy (non-hydrogen) atoms. The Balaban J connectivity index is 1.80. The van der Waals surface area contributed by atoms with Gasteiger partial charge in [-0.3, -0.25) is 9.79 Å². The van der Waals surface area contributed by atoms with E-state index in [1.54, 1.807) is 23.7 Å². The minimum absolute atomic E-state index is 0.0113. The second-order valence-electron chi connectivity index (χ2n) is 7.36. The van der Waals surface area contributed by atoms with Crippen molar-refractivity contribution >= 4 is 5.96 Å². The summed E-state index contributed by atoms with van der Waals surface area (Å²) in [6.07, 6.45) is 3.01. The molecule has 0 aliphatic carbocycles. The molecule has 158 valence electrons. The third-order valence-corrected chi connectivity index (χ3v) is 4.80.